The zero-order chi connectivity index (χ0) is 17.9. The first kappa shape index (κ1) is 17.5. The maximum absolute atomic E-state index is 12.6. The number of halogens is 3. The second-order valence-electron chi connectivity index (χ2n) is 5.30. The number of carbonyl (C=O) groups is 1. The molecule has 8 heteroatoms. The third-order valence-electron chi connectivity index (χ3n) is 3.24. The molecule has 2 aromatic rings. The van der Waals surface area contributed by atoms with Crippen LogP contribution in [0.3, 0.4) is 0 Å². The summed E-state index contributed by atoms with van der Waals surface area (Å²) in [5.74, 6) is 1.99. The van der Waals surface area contributed by atoms with Gasteiger partial charge in [-0.15, -0.1) is 6.42 Å². The third kappa shape index (κ3) is 3.56. The van der Waals surface area contributed by atoms with Crippen molar-refractivity contribution < 1.29 is 18.0 Å². The Labute approximate surface area is 136 Å². The van der Waals surface area contributed by atoms with Gasteiger partial charge in [0.2, 0.25) is 0 Å². The third-order valence-corrected chi connectivity index (χ3v) is 3.24. The van der Waals surface area contributed by atoms with E-state index in [1.165, 1.54) is 16.9 Å². The number of rotatable bonds is 4. The normalized spacial score (nSPS) is 11.4. The highest BCUT2D eigenvalue weighted by atomic mass is 19.4. The van der Waals surface area contributed by atoms with Crippen molar-refractivity contribution in [2.24, 2.45) is 0 Å². The molecule has 0 aromatic carbocycles. The van der Waals surface area contributed by atoms with Crippen LogP contribution in [0.25, 0.3) is 5.82 Å². The van der Waals surface area contributed by atoms with E-state index in [-0.39, 0.29) is 18.3 Å². The van der Waals surface area contributed by atoms with Crippen LogP contribution in [0.2, 0.25) is 0 Å². The fourth-order valence-electron chi connectivity index (χ4n) is 2.18. The van der Waals surface area contributed by atoms with E-state index in [4.69, 9.17) is 6.42 Å². The van der Waals surface area contributed by atoms with Crippen LogP contribution in [0.15, 0.2) is 24.5 Å². The van der Waals surface area contributed by atoms with Gasteiger partial charge in [-0.1, -0.05) is 19.8 Å². The van der Waals surface area contributed by atoms with Crippen molar-refractivity contribution in [1.29, 1.82) is 0 Å². The summed E-state index contributed by atoms with van der Waals surface area (Å²) in [5.41, 5.74) is -0.00443. The molecule has 0 aliphatic rings. The average Bonchev–Trinajstić information content (AvgIpc) is 2.97. The molecule has 0 spiro atoms. The molecule has 0 aliphatic heterocycles. The Kier molecular flexibility index (Phi) is 4.93. The fourth-order valence-corrected chi connectivity index (χ4v) is 2.18. The summed E-state index contributed by atoms with van der Waals surface area (Å²) < 4.78 is 39.2. The van der Waals surface area contributed by atoms with Crippen LogP contribution < -0.4 is 5.32 Å². The highest BCUT2D eigenvalue weighted by Gasteiger charge is 2.31. The zero-order valence-electron chi connectivity index (χ0n) is 13.1. The first-order valence-electron chi connectivity index (χ1n) is 7.09. The van der Waals surface area contributed by atoms with Crippen molar-refractivity contribution in [2.75, 3.05) is 6.54 Å². The van der Waals surface area contributed by atoms with E-state index in [2.05, 4.69) is 21.3 Å². The van der Waals surface area contributed by atoms with E-state index in [0.29, 0.717) is 11.3 Å². The number of hydrogen-bond donors (Lipinski definition) is 1. The van der Waals surface area contributed by atoms with E-state index in [9.17, 15) is 18.0 Å². The van der Waals surface area contributed by atoms with Crippen LogP contribution in [0.4, 0.5) is 13.2 Å². The Morgan fingerprint density at radius 2 is 2.08 bits per heavy atom. The first-order valence-corrected chi connectivity index (χ1v) is 7.09. The lowest BCUT2D eigenvalue weighted by Gasteiger charge is -2.13. The lowest BCUT2D eigenvalue weighted by molar-refractivity contribution is -0.137. The molecule has 0 atom stereocenters. The van der Waals surface area contributed by atoms with Crippen LogP contribution in [0, 0.1) is 12.3 Å². The lowest BCUT2D eigenvalue weighted by atomic mass is 10.1. The molecule has 2 rings (SSSR count). The maximum Gasteiger partial charge on any atom is 0.417 e. The molecule has 5 nitrogen and oxygen atoms in total. The molecule has 0 unspecified atom stereocenters. The first-order chi connectivity index (χ1) is 11.3. The quantitative estimate of drug-likeness (QED) is 0.874. The van der Waals surface area contributed by atoms with Crippen molar-refractivity contribution in [3.63, 3.8) is 0 Å². The number of pyridine rings is 1. The van der Waals surface area contributed by atoms with Crippen molar-refractivity contribution in [3.05, 3.63) is 41.3 Å². The molecule has 0 saturated heterocycles. The summed E-state index contributed by atoms with van der Waals surface area (Å²) in [7, 11) is 0. The summed E-state index contributed by atoms with van der Waals surface area (Å²) in [6.45, 7) is 3.76. The molecule has 0 radical (unpaired) electrons. The number of terminal acetylenes is 1. The van der Waals surface area contributed by atoms with Crippen molar-refractivity contribution >= 4 is 5.91 Å². The number of hydrogen-bond acceptors (Lipinski definition) is 3. The van der Waals surface area contributed by atoms with E-state index < -0.39 is 17.6 Å². The molecule has 0 aliphatic carbocycles. The SMILES string of the molecule is C#CCNC(=O)c1cnn(-c2ccc(C(F)(F)F)cn2)c1C(C)C. The van der Waals surface area contributed by atoms with Gasteiger partial charge in [-0.25, -0.2) is 9.67 Å². The molecule has 1 N–H and O–H groups in total. The Morgan fingerprint density at radius 3 is 2.58 bits per heavy atom. The van der Waals surface area contributed by atoms with Gasteiger partial charge in [-0.05, 0) is 18.1 Å². The van der Waals surface area contributed by atoms with E-state index in [0.717, 1.165) is 12.3 Å². The molecule has 126 valence electrons. The monoisotopic (exact) mass is 336 g/mol. The predicted molar refractivity (Wildman–Crippen MR) is 81.6 cm³/mol. The van der Waals surface area contributed by atoms with Crippen molar-refractivity contribution in [1.82, 2.24) is 20.1 Å². The summed E-state index contributed by atoms with van der Waals surface area (Å²) >= 11 is 0. The van der Waals surface area contributed by atoms with Gasteiger partial charge < -0.3 is 5.32 Å². The van der Waals surface area contributed by atoms with Gasteiger partial charge in [0.25, 0.3) is 5.91 Å². The average molecular weight is 336 g/mol. The van der Waals surface area contributed by atoms with E-state index in [1.54, 1.807) is 0 Å². The largest absolute Gasteiger partial charge is 0.417 e. The Bertz CT molecular complexity index is 770. The van der Waals surface area contributed by atoms with Crippen LogP contribution in [-0.4, -0.2) is 27.2 Å². The predicted octanol–water partition coefficient (Wildman–Crippen LogP) is 2.77. The summed E-state index contributed by atoms with van der Waals surface area (Å²) in [5, 5.41) is 6.63. The highest BCUT2D eigenvalue weighted by Crippen LogP contribution is 2.29. The molecule has 0 fully saturated rings. The lowest BCUT2D eigenvalue weighted by Crippen LogP contribution is -2.24. The molecule has 0 saturated carbocycles. The van der Waals surface area contributed by atoms with Crippen LogP contribution in [-0.2, 0) is 6.18 Å². The van der Waals surface area contributed by atoms with Gasteiger partial charge in [0.1, 0.15) is 0 Å². The van der Waals surface area contributed by atoms with E-state index >= 15 is 0 Å². The fraction of sp³-hybridized carbons (Fsp3) is 0.312. The molecule has 2 heterocycles. The minimum atomic E-state index is -4.46. The number of alkyl halides is 3. The minimum Gasteiger partial charge on any atom is -0.341 e. The van der Waals surface area contributed by atoms with Crippen LogP contribution >= 0.6 is 0 Å². The number of carbonyl (C=O) groups excluding carboxylic acids is 1. The zero-order valence-corrected chi connectivity index (χ0v) is 13.1. The van der Waals surface area contributed by atoms with Gasteiger partial charge in [0.15, 0.2) is 5.82 Å². The van der Waals surface area contributed by atoms with Gasteiger partial charge in [0.05, 0.1) is 29.6 Å². The molecule has 1 amide bonds. The Balaban J connectivity index is 2.42. The van der Waals surface area contributed by atoms with E-state index in [1.807, 2.05) is 13.8 Å². The summed E-state index contributed by atoms with van der Waals surface area (Å²) in [6.07, 6.45) is 2.73. The summed E-state index contributed by atoms with van der Waals surface area (Å²) in [6, 6.07) is 2.14. The van der Waals surface area contributed by atoms with Crippen LogP contribution in [0.1, 0.15) is 41.4 Å². The van der Waals surface area contributed by atoms with Gasteiger partial charge >= 0.3 is 6.18 Å². The molecule has 2 aromatic heterocycles. The number of aromatic nitrogens is 3. The molecule has 0 bridgehead atoms. The topological polar surface area (TPSA) is 59.8 Å². The van der Waals surface area contributed by atoms with Crippen molar-refractivity contribution in [2.45, 2.75) is 25.9 Å². The molecular formula is C16H15F3N4O. The number of amides is 1. The second-order valence-corrected chi connectivity index (χ2v) is 5.30. The number of nitrogens with zero attached hydrogens (tertiary/aromatic N) is 3. The highest BCUT2D eigenvalue weighted by molar-refractivity contribution is 5.95. The maximum atomic E-state index is 12.6. The summed E-state index contributed by atoms with van der Waals surface area (Å²) in [4.78, 5) is 15.9. The standard InChI is InChI=1S/C16H15F3N4O/c1-4-7-20-15(24)12-9-22-23(14(12)10(2)3)13-6-5-11(8-21-13)16(17,18)19/h1,5-6,8-10H,7H2,2-3H3,(H,20,24). The van der Waals surface area contributed by atoms with Gasteiger partial charge in [-0.2, -0.15) is 18.3 Å². The second kappa shape index (κ2) is 6.74. The van der Waals surface area contributed by atoms with Crippen molar-refractivity contribution in [3.8, 4) is 18.2 Å². The molecule has 24 heavy (non-hydrogen) atoms. The number of nitrogens with one attached hydrogen (secondary N) is 1. The van der Waals surface area contributed by atoms with Crippen LogP contribution in [0.5, 0.6) is 0 Å². The smallest absolute Gasteiger partial charge is 0.341 e. The van der Waals surface area contributed by atoms with Gasteiger partial charge in [0, 0.05) is 6.20 Å². The molecular weight excluding hydrogens is 321 g/mol. The van der Waals surface area contributed by atoms with Gasteiger partial charge in [-0.3, -0.25) is 4.79 Å². The Hall–Kier alpha value is -2.82. The Morgan fingerprint density at radius 1 is 1.38 bits per heavy atom. The minimum absolute atomic E-state index is 0.0695.